The molecule has 0 saturated heterocycles. The highest BCUT2D eigenvalue weighted by Crippen LogP contribution is 2.30. The monoisotopic (exact) mass is 354 g/mol. The highest BCUT2D eigenvalue weighted by molar-refractivity contribution is 5.90. The molecule has 2 aromatic carbocycles. The molecular formula is C23H27FO2. The molecule has 0 unspecified atom stereocenters. The third-order valence-electron chi connectivity index (χ3n) is 5.33. The van der Waals surface area contributed by atoms with Gasteiger partial charge in [-0.15, -0.1) is 0 Å². The van der Waals surface area contributed by atoms with E-state index in [0.29, 0.717) is 5.56 Å². The van der Waals surface area contributed by atoms with Crippen LogP contribution in [-0.2, 0) is 4.74 Å². The van der Waals surface area contributed by atoms with Crippen LogP contribution in [0.4, 0.5) is 4.39 Å². The Hall–Kier alpha value is -2.16. The van der Waals surface area contributed by atoms with Crippen molar-refractivity contribution >= 4 is 5.97 Å². The number of halogens is 1. The van der Waals surface area contributed by atoms with Crippen molar-refractivity contribution in [2.75, 3.05) is 0 Å². The molecule has 2 aromatic rings. The lowest BCUT2D eigenvalue weighted by Crippen LogP contribution is -2.24. The van der Waals surface area contributed by atoms with E-state index in [2.05, 4.69) is 6.92 Å². The van der Waals surface area contributed by atoms with Gasteiger partial charge in [0.2, 0.25) is 0 Å². The van der Waals surface area contributed by atoms with Crippen molar-refractivity contribution in [1.82, 2.24) is 0 Å². The SMILES string of the molecule is CCCC[C@H]1CC[C@H](OC(=O)c2ccc(-c3ccc(F)cc3)cc2)CC1. The van der Waals surface area contributed by atoms with Crippen molar-refractivity contribution in [3.63, 3.8) is 0 Å². The van der Waals surface area contributed by atoms with E-state index < -0.39 is 0 Å². The summed E-state index contributed by atoms with van der Waals surface area (Å²) < 4.78 is 18.7. The van der Waals surface area contributed by atoms with Gasteiger partial charge in [-0.05, 0) is 67.0 Å². The van der Waals surface area contributed by atoms with Crippen LogP contribution >= 0.6 is 0 Å². The lowest BCUT2D eigenvalue weighted by atomic mass is 9.84. The maximum Gasteiger partial charge on any atom is 0.338 e. The number of esters is 1. The molecule has 1 saturated carbocycles. The molecule has 0 radical (unpaired) electrons. The van der Waals surface area contributed by atoms with Crippen LogP contribution < -0.4 is 0 Å². The van der Waals surface area contributed by atoms with Crippen LogP contribution in [0.25, 0.3) is 11.1 Å². The van der Waals surface area contributed by atoms with Crippen LogP contribution in [0.1, 0.15) is 62.2 Å². The highest BCUT2D eigenvalue weighted by Gasteiger charge is 2.24. The summed E-state index contributed by atoms with van der Waals surface area (Å²) in [6, 6.07) is 13.7. The Balaban J connectivity index is 1.53. The zero-order valence-electron chi connectivity index (χ0n) is 15.4. The molecule has 3 heteroatoms. The standard InChI is InChI=1S/C23H27FO2/c1-2-3-4-17-5-15-22(16-6-17)26-23(25)20-9-7-18(8-10-20)19-11-13-21(24)14-12-19/h7-14,17,22H,2-6,15-16H2,1H3/t17-,22-. The second-order valence-electron chi connectivity index (χ2n) is 7.27. The summed E-state index contributed by atoms with van der Waals surface area (Å²) in [6.07, 6.45) is 8.21. The third-order valence-corrected chi connectivity index (χ3v) is 5.33. The van der Waals surface area contributed by atoms with Crippen LogP contribution in [0.2, 0.25) is 0 Å². The fourth-order valence-electron chi connectivity index (χ4n) is 3.69. The van der Waals surface area contributed by atoms with Crippen molar-refractivity contribution < 1.29 is 13.9 Å². The van der Waals surface area contributed by atoms with E-state index in [-0.39, 0.29) is 17.9 Å². The molecule has 26 heavy (non-hydrogen) atoms. The minimum absolute atomic E-state index is 0.0529. The van der Waals surface area contributed by atoms with Gasteiger partial charge in [-0.2, -0.15) is 0 Å². The van der Waals surface area contributed by atoms with E-state index in [1.165, 1.54) is 44.2 Å². The van der Waals surface area contributed by atoms with Crippen LogP contribution in [0.15, 0.2) is 48.5 Å². The van der Waals surface area contributed by atoms with Crippen LogP contribution in [0, 0.1) is 11.7 Å². The van der Waals surface area contributed by atoms with Gasteiger partial charge in [0.15, 0.2) is 0 Å². The second-order valence-corrected chi connectivity index (χ2v) is 7.27. The zero-order valence-corrected chi connectivity index (χ0v) is 15.4. The number of carbonyl (C=O) groups excluding carboxylic acids is 1. The maximum absolute atomic E-state index is 13.0. The molecule has 138 valence electrons. The summed E-state index contributed by atoms with van der Waals surface area (Å²) in [5.74, 6) is 0.311. The summed E-state index contributed by atoms with van der Waals surface area (Å²) >= 11 is 0. The molecule has 1 fully saturated rings. The molecule has 0 aliphatic heterocycles. The predicted octanol–water partition coefficient (Wildman–Crippen LogP) is 6.40. The topological polar surface area (TPSA) is 26.3 Å². The first-order valence-corrected chi connectivity index (χ1v) is 9.72. The smallest absolute Gasteiger partial charge is 0.338 e. The quantitative estimate of drug-likeness (QED) is 0.561. The molecule has 1 aliphatic rings. The molecular weight excluding hydrogens is 327 g/mol. The summed E-state index contributed by atoms with van der Waals surface area (Å²) in [7, 11) is 0. The number of rotatable bonds is 6. The summed E-state index contributed by atoms with van der Waals surface area (Å²) in [5.41, 5.74) is 2.46. The number of carbonyl (C=O) groups is 1. The number of hydrogen-bond acceptors (Lipinski definition) is 2. The van der Waals surface area contributed by atoms with Crippen molar-refractivity contribution in [2.45, 2.75) is 58.0 Å². The minimum Gasteiger partial charge on any atom is -0.459 e. The fraction of sp³-hybridized carbons (Fsp3) is 0.435. The summed E-state index contributed by atoms with van der Waals surface area (Å²) in [6.45, 7) is 2.23. The van der Waals surface area contributed by atoms with E-state index >= 15 is 0 Å². The highest BCUT2D eigenvalue weighted by atomic mass is 19.1. The number of hydrogen-bond donors (Lipinski definition) is 0. The lowest BCUT2D eigenvalue weighted by Gasteiger charge is -2.28. The molecule has 0 atom stereocenters. The summed E-state index contributed by atoms with van der Waals surface area (Å²) in [5, 5.41) is 0. The van der Waals surface area contributed by atoms with Crippen molar-refractivity contribution in [3.05, 3.63) is 59.9 Å². The molecule has 0 N–H and O–H groups in total. The van der Waals surface area contributed by atoms with Gasteiger partial charge in [-0.25, -0.2) is 9.18 Å². The van der Waals surface area contributed by atoms with E-state index in [1.54, 1.807) is 24.3 Å². The normalized spacial score (nSPS) is 19.9. The number of unbranched alkanes of at least 4 members (excludes halogenated alkanes) is 1. The Labute approximate surface area is 155 Å². The third kappa shape index (κ3) is 4.94. The van der Waals surface area contributed by atoms with Crippen LogP contribution in [0.5, 0.6) is 0 Å². The van der Waals surface area contributed by atoms with Crippen molar-refractivity contribution in [1.29, 1.82) is 0 Å². The van der Waals surface area contributed by atoms with E-state index in [4.69, 9.17) is 4.74 Å². The fourth-order valence-corrected chi connectivity index (χ4v) is 3.69. The van der Waals surface area contributed by atoms with Gasteiger partial charge < -0.3 is 4.74 Å². The molecule has 0 spiro atoms. The first-order chi connectivity index (χ1) is 12.7. The molecule has 3 rings (SSSR count). The zero-order chi connectivity index (χ0) is 18.4. The molecule has 1 aliphatic carbocycles. The first kappa shape index (κ1) is 18.6. The first-order valence-electron chi connectivity index (χ1n) is 9.72. The Bertz CT molecular complexity index is 698. The van der Waals surface area contributed by atoms with Gasteiger partial charge in [0.05, 0.1) is 5.56 Å². The van der Waals surface area contributed by atoms with Gasteiger partial charge in [0.1, 0.15) is 11.9 Å². The molecule has 0 heterocycles. The Morgan fingerprint density at radius 2 is 1.54 bits per heavy atom. The Kier molecular flexibility index (Phi) is 6.43. The molecule has 0 aromatic heterocycles. The predicted molar refractivity (Wildman–Crippen MR) is 103 cm³/mol. The van der Waals surface area contributed by atoms with E-state index in [1.807, 2.05) is 12.1 Å². The number of benzene rings is 2. The molecule has 0 bridgehead atoms. The second kappa shape index (κ2) is 8.98. The lowest BCUT2D eigenvalue weighted by molar-refractivity contribution is 0.0161. The van der Waals surface area contributed by atoms with Crippen molar-refractivity contribution in [3.8, 4) is 11.1 Å². The maximum atomic E-state index is 13.0. The largest absolute Gasteiger partial charge is 0.459 e. The molecule has 2 nitrogen and oxygen atoms in total. The van der Waals surface area contributed by atoms with Crippen LogP contribution in [-0.4, -0.2) is 12.1 Å². The summed E-state index contributed by atoms with van der Waals surface area (Å²) in [4.78, 5) is 12.4. The van der Waals surface area contributed by atoms with Gasteiger partial charge >= 0.3 is 5.97 Å². The van der Waals surface area contributed by atoms with Gasteiger partial charge in [0, 0.05) is 0 Å². The molecule has 0 amide bonds. The van der Waals surface area contributed by atoms with Crippen LogP contribution in [0.3, 0.4) is 0 Å². The minimum atomic E-state index is -0.252. The van der Waals surface area contributed by atoms with E-state index in [0.717, 1.165) is 29.9 Å². The number of ether oxygens (including phenoxy) is 1. The van der Waals surface area contributed by atoms with Gasteiger partial charge in [-0.3, -0.25) is 0 Å². The van der Waals surface area contributed by atoms with E-state index in [9.17, 15) is 9.18 Å². The van der Waals surface area contributed by atoms with Gasteiger partial charge in [-0.1, -0.05) is 50.5 Å². The average molecular weight is 354 g/mol. The average Bonchev–Trinajstić information content (AvgIpc) is 2.68. The Morgan fingerprint density at radius 1 is 0.962 bits per heavy atom. The van der Waals surface area contributed by atoms with Gasteiger partial charge in [0.25, 0.3) is 0 Å². The van der Waals surface area contributed by atoms with Crippen molar-refractivity contribution in [2.24, 2.45) is 5.92 Å². The Morgan fingerprint density at radius 3 is 2.12 bits per heavy atom.